The van der Waals surface area contributed by atoms with E-state index in [2.05, 4.69) is 27.9 Å². The Hall–Kier alpha value is -2.29. The average molecular weight is 224 g/mol. The summed E-state index contributed by atoms with van der Waals surface area (Å²) >= 11 is 0. The smallest absolute Gasteiger partial charge is 0.119 e. The molecule has 3 aromatic rings. The Morgan fingerprint density at radius 1 is 1.06 bits per heavy atom. The minimum atomic E-state index is 0.880. The first-order valence-electron chi connectivity index (χ1n) is 5.44. The third-order valence-electron chi connectivity index (χ3n) is 2.84. The van der Waals surface area contributed by atoms with E-state index in [-0.39, 0.29) is 0 Å². The van der Waals surface area contributed by atoms with Crippen LogP contribution in [0, 0.1) is 0 Å². The Kier molecular flexibility index (Phi) is 2.29. The molecule has 0 saturated carbocycles. The van der Waals surface area contributed by atoms with Crippen molar-refractivity contribution in [1.82, 2.24) is 9.55 Å². The zero-order chi connectivity index (χ0) is 11.7. The third-order valence-corrected chi connectivity index (χ3v) is 2.84. The molecule has 0 aliphatic carbocycles. The largest absolute Gasteiger partial charge is 0.497 e. The van der Waals surface area contributed by atoms with E-state index in [1.54, 1.807) is 19.5 Å². The molecule has 0 bridgehead atoms. The lowest BCUT2D eigenvalue weighted by Gasteiger charge is -2.05. The van der Waals surface area contributed by atoms with Crippen LogP contribution in [-0.4, -0.2) is 16.7 Å². The van der Waals surface area contributed by atoms with E-state index in [1.807, 2.05) is 24.3 Å². The summed E-state index contributed by atoms with van der Waals surface area (Å²) in [7, 11) is 1.68. The normalized spacial score (nSPS) is 10.6. The number of nitrogens with zero attached hydrogens (tertiary/aromatic N) is 2. The van der Waals surface area contributed by atoms with Crippen molar-refractivity contribution < 1.29 is 4.74 Å². The molecule has 0 amide bonds. The summed E-state index contributed by atoms with van der Waals surface area (Å²) in [6.45, 7) is 0. The van der Waals surface area contributed by atoms with Gasteiger partial charge in [-0.25, -0.2) is 0 Å². The van der Waals surface area contributed by atoms with Gasteiger partial charge in [0.25, 0.3) is 0 Å². The highest BCUT2D eigenvalue weighted by atomic mass is 16.5. The Morgan fingerprint density at radius 2 is 1.88 bits per heavy atom. The fourth-order valence-corrected chi connectivity index (χ4v) is 1.98. The number of hydrogen-bond acceptors (Lipinski definition) is 2. The van der Waals surface area contributed by atoms with E-state index < -0.39 is 0 Å². The van der Waals surface area contributed by atoms with Crippen LogP contribution in [0.5, 0.6) is 5.75 Å². The van der Waals surface area contributed by atoms with Gasteiger partial charge in [0.05, 0.1) is 12.6 Å². The first kappa shape index (κ1) is 9.90. The summed E-state index contributed by atoms with van der Waals surface area (Å²) in [5.41, 5.74) is 2.28. The molecule has 0 spiro atoms. The predicted molar refractivity (Wildman–Crippen MR) is 67.6 cm³/mol. The SMILES string of the molecule is COc1ccc2c(ccn2-c2ccncc2)c1. The Labute approximate surface area is 99.3 Å². The number of aromatic nitrogens is 2. The first-order chi connectivity index (χ1) is 8.38. The van der Waals surface area contributed by atoms with Crippen molar-refractivity contribution in [2.45, 2.75) is 0 Å². The number of hydrogen-bond donors (Lipinski definition) is 0. The second-order valence-electron chi connectivity index (χ2n) is 3.82. The minimum Gasteiger partial charge on any atom is -0.497 e. The fraction of sp³-hybridized carbons (Fsp3) is 0.0714. The third kappa shape index (κ3) is 1.65. The van der Waals surface area contributed by atoms with E-state index in [4.69, 9.17) is 4.74 Å². The van der Waals surface area contributed by atoms with Crippen molar-refractivity contribution in [2.75, 3.05) is 7.11 Å². The van der Waals surface area contributed by atoms with Crippen LogP contribution in [0.25, 0.3) is 16.6 Å². The van der Waals surface area contributed by atoms with Crippen molar-refractivity contribution in [3.05, 3.63) is 55.0 Å². The molecule has 17 heavy (non-hydrogen) atoms. The first-order valence-corrected chi connectivity index (χ1v) is 5.44. The second kappa shape index (κ2) is 3.94. The molecule has 1 aromatic carbocycles. The van der Waals surface area contributed by atoms with Gasteiger partial charge in [0.1, 0.15) is 5.75 Å². The van der Waals surface area contributed by atoms with E-state index in [9.17, 15) is 0 Å². The standard InChI is InChI=1S/C14H12N2O/c1-17-13-2-3-14-11(10-13)6-9-16(14)12-4-7-15-8-5-12/h2-10H,1H3. The molecular weight excluding hydrogens is 212 g/mol. The summed E-state index contributed by atoms with van der Waals surface area (Å²) in [6.07, 6.45) is 5.65. The van der Waals surface area contributed by atoms with Crippen molar-refractivity contribution in [2.24, 2.45) is 0 Å². The highest BCUT2D eigenvalue weighted by Gasteiger charge is 2.03. The van der Waals surface area contributed by atoms with Gasteiger partial charge < -0.3 is 9.30 Å². The van der Waals surface area contributed by atoms with Gasteiger partial charge in [0.2, 0.25) is 0 Å². The summed E-state index contributed by atoms with van der Waals surface area (Å²) in [6, 6.07) is 12.1. The van der Waals surface area contributed by atoms with Gasteiger partial charge in [0, 0.05) is 29.7 Å². The number of methoxy groups -OCH3 is 1. The quantitative estimate of drug-likeness (QED) is 0.669. The van der Waals surface area contributed by atoms with Gasteiger partial charge in [-0.3, -0.25) is 4.98 Å². The van der Waals surface area contributed by atoms with E-state index in [0.717, 1.165) is 17.0 Å². The zero-order valence-electron chi connectivity index (χ0n) is 9.50. The molecule has 0 N–H and O–H groups in total. The van der Waals surface area contributed by atoms with Crippen LogP contribution in [0.3, 0.4) is 0 Å². The molecule has 3 rings (SSSR count). The molecule has 0 aliphatic rings. The number of fused-ring (bicyclic) bond motifs is 1. The molecule has 3 nitrogen and oxygen atoms in total. The van der Waals surface area contributed by atoms with Crippen LogP contribution in [0.4, 0.5) is 0 Å². The molecule has 2 heterocycles. The van der Waals surface area contributed by atoms with Gasteiger partial charge in [-0.2, -0.15) is 0 Å². The molecule has 0 aliphatic heterocycles. The lowest BCUT2D eigenvalue weighted by Crippen LogP contribution is -1.91. The van der Waals surface area contributed by atoms with Gasteiger partial charge in [-0.1, -0.05) is 0 Å². The van der Waals surface area contributed by atoms with Crippen molar-refractivity contribution >= 4 is 10.9 Å². The Balaban J connectivity index is 2.19. The number of pyridine rings is 1. The number of rotatable bonds is 2. The Morgan fingerprint density at radius 3 is 2.65 bits per heavy atom. The fourth-order valence-electron chi connectivity index (χ4n) is 1.98. The van der Waals surface area contributed by atoms with Gasteiger partial charge in [-0.15, -0.1) is 0 Å². The van der Waals surface area contributed by atoms with Crippen LogP contribution in [-0.2, 0) is 0 Å². The van der Waals surface area contributed by atoms with Crippen LogP contribution in [0.1, 0.15) is 0 Å². The van der Waals surface area contributed by atoms with Gasteiger partial charge in [-0.05, 0) is 36.4 Å². The molecule has 0 unspecified atom stereocenters. The maximum Gasteiger partial charge on any atom is 0.119 e. The summed E-state index contributed by atoms with van der Waals surface area (Å²) in [4.78, 5) is 4.03. The lowest BCUT2D eigenvalue weighted by molar-refractivity contribution is 0.415. The molecular formula is C14H12N2O. The average Bonchev–Trinajstić information content (AvgIpc) is 2.82. The lowest BCUT2D eigenvalue weighted by atomic mass is 10.2. The molecule has 0 saturated heterocycles. The van der Waals surface area contributed by atoms with Crippen molar-refractivity contribution in [1.29, 1.82) is 0 Å². The maximum absolute atomic E-state index is 5.22. The molecule has 84 valence electrons. The molecule has 0 fully saturated rings. The predicted octanol–water partition coefficient (Wildman–Crippen LogP) is 3.03. The van der Waals surface area contributed by atoms with Gasteiger partial charge in [0.15, 0.2) is 0 Å². The van der Waals surface area contributed by atoms with Crippen molar-refractivity contribution in [3.8, 4) is 11.4 Å². The maximum atomic E-state index is 5.22. The van der Waals surface area contributed by atoms with E-state index in [1.165, 1.54) is 5.39 Å². The zero-order valence-corrected chi connectivity index (χ0v) is 9.50. The summed E-state index contributed by atoms with van der Waals surface area (Å²) in [5.74, 6) is 0.880. The molecule has 0 radical (unpaired) electrons. The second-order valence-corrected chi connectivity index (χ2v) is 3.82. The van der Waals surface area contributed by atoms with Crippen LogP contribution in [0.15, 0.2) is 55.0 Å². The van der Waals surface area contributed by atoms with Gasteiger partial charge >= 0.3 is 0 Å². The minimum absolute atomic E-state index is 0.880. The topological polar surface area (TPSA) is 27.1 Å². The molecule has 3 heteroatoms. The summed E-state index contributed by atoms with van der Waals surface area (Å²) in [5, 5.41) is 1.17. The van der Waals surface area contributed by atoms with Crippen LogP contribution in [0.2, 0.25) is 0 Å². The molecule has 0 atom stereocenters. The molecule has 2 aromatic heterocycles. The van der Waals surface area contributed by atoms with E-state index in [0.29, 0.717) is 0 Å². The Bertz CT molecular complexity index is 644. The monoisotopic (exact) mass is 224 g/mol. The number of ether oxygens (including phenoxy) is 1. The highest BCUT2D eigenvalue weighted by Crippen LogP contribution is 2.24. The van der Waals surface area contributed by atoms with Crippen LogP contribution >= 0.6 is 0 Å². The summed E-state index contributed by atoms with van der Waals surface area (Å²) < 4.78 is 7.35. The van der Waals surface area contributed by atoms with Crippen LogP contribution < -0.4 is 4.74 Å². The number of benzene rings is 1. The van der Waals surface area contributed by atoms with E-state index >= 15 is 0 Å². The highest BCUT2D eigenvalue weighted by molar-refractivity contribution is 5.83. The van der Waals surface area contributed by atoms with Crippen molar-refractivity contribution in [3.63, 3.8) is 0 Å².